The molecule has 3 aliphatic rings. The maximum atomic E-state index is 13.5. The minimum absolute atomic E-state index is 0.0418. The van der Waals surface area contributed by atoms with E-state index in [0.717, 1.165) is 31.4 Å². The highest BCUT2D eigenvalue weighted by Gasteiger charge is 2.52. The highest BCUT2D eigenvalue weighted by atomic mass is 19.2. The fourth-order valence-corrected chi connectivity index (χ4v) is 5.21. The summed E-state index contributed by atoms with van der Waals surface area (Å²) in [4.78, 5) is 26.2. The number of hydrogen-bond acceptors (Lipinski definition) is 7. The second kappa shape index (κ2) is 8.54. The van der Waals surface area contributed by atoms with Crippen LogP contribution >= 0.6 is 0 Å². The van der Waals surface area contributed by atoms with Gasteiger partial charge in [-0.3, -0.25) is 4.79 Å². The summed E-state index contributed by atoms with van der Waals surface area (Å²) in [7, 11) is 5.37. The molecule has 11 heteroatoms. The van der Waals surface area contributed by atoms with Gasteiger partial charge in [-0.05, 0) is 26.2 Å². The molecule has 0 spiro atoms. The van der Waals surface area contributed by atoms with Crippen molar-refractivity contribution in [3.05, 3.63) is 35.3 Å². The molecule has 1 N–H and O–H groups in total. The van der Waals surface area contributed by atoms with E-state index < -0.39 is 29.1 Å². The third kappa shape index (κ3) is 3.85. The first-order valence-corrected chi connectivity index (χ1v) is 11.6. The molecule has 2 saturated carbocycles. The lowest BCUT2D eigenvalue weighted by atomic mass is 9.73. The van der Waals surface area contributed by atoms with Crippen LogP contribution in [0.15, 0.2) is 12.1 Å². The zero-order valence-corrected chi connectivity index (χ0v) is 20.1. The van der Waals surface area contributed by atoms with E-state index in [0.29, 0.717) is 36.0 Å². The van der Waals surface area contributed by atoms with Gasteiger partial charge in [0.15, 0.2) is 23.3 Å². The number of aryl methyl sites for hydroxylation is 1. The Labute approximate surface area is 201 Å². The number of carbonyl (C=O) groups excluding carboxylic acids is 1. The molecular formula is C24H28F3N5O3. The summed E-state index contributed by atoms with van der Waals surface area (Å²) in [6.07, 6.45) is 3.53. The largest absolute Gasteiger partial charge is 0.490 e. The summed E-state index contributed by atoms with van der Waals surface area (Å²) in [5.41, 5.74) is 0.714. The van der Waals surface area contributed by atoms with Crippen LogP contribution in [-0.2, 0) is 9.53 Å². The standard InChI is InChI=1S/C24H28F3N5O3/c1-12-19-21(32(3)20(22(33)29-19)24(34-4)6-5-7-24)30-23(28-12)31(2)13-8-14(9-13)35-15-10-16(25)18(27)17(26)11-15/h10-11,13-14,20H,5-9H2,1-4H3,(H,29,33)/t13?,14?,20-/m1/s1. The van der Waals surface area contributed by atoms with Gasteiger partial charge in [0.05, 0.1) is 11.3 Å². The Kier molecular flexibility index (Phi) is 5.77. The summed E-state index contributed by atoms with van der Waals surface area (Å²) >= 11 is 0. The van der Waals surface area contributed by atoms with Crippen molar-refractivity contribution >= 4 is 23.4 Å². The van der Waals surface area contributed by atoms with Gasteiger partial charge in [-0.15, -0.1) is 0 Å². The van der Waals surface area contributed by atoms with Crippen LogP contribution in [0.25, 0.3) is 0 Å². The lowest BCUT2D eigenvalue weighted by molar-refractivity contribution is -0.135. The molecule has 0 radical (unpaired) electrons. The number of anilines is 3. The molecule has 0 bridgehead atoms. The van der Waals surface area contributed by atoms with Crippen molar-refractivity contribution in [3.63, 3.8) is 0 Å². The Balaban J connectivity index is 1.31. The molecule has 2 aromatic rings. The lowest BCUT2D eigenvalue weighted by Gasteiger charge is -2.50. The van der Waals surface area contributed by atoms with Crippen LogP contribution in [0.3, 0.4) is 0 Å². The van der Waals surface area contributed by atoms with Crippen LogP contribution in [0.2, 0.25) is 0 Å². The number of benzene rings is 1. The number of hydrogen-bond donors (Lipinski definition) is 1. The fourth-order valence-electron chi connectivity index (χ4n) is 5.21. The molecule has 1 amide bonds. The average Bonchev–Trinajstić information content (AvgIpc) is 2.76. The number of ether oxygens (including phenoxy) is 2. The Hall–Kier alpha value is -3.08. The van der Waals surface area contributed by atoms with Crippen LogP contribution in [0.1, 0.15) is 37.8 Å². The Morgan fingerprint density at radius 3 is 2.40 bits per heavy atom. The van der Waals surface area contributed by atoms with Gasteiger partial charge in [-0.25, -0.2) is 18.2 Å². The van der Waals surface area contributed by atoms with Crippen LogP contribution in [-0.4, -0.2) is 60.9 Å². The molecule has 5 rings (SSSR count). The van der Waals surface area contributed by atoms with Crippen molar-refractivity contribution in [3.8, 4) is 5.75 Å². The fraction of sp³-hybridized carbons (Fsp3) is 0.542. The van der Waals surface area contributed by atoms with Crippen LogP contribution in [0.5, 0.6) is 5.75 Å². The van der Waals surface area contributed by atoms with Gasteiger partial charge in [0, 0.05) is 52.2 Å². The first-order valence-electron chi connectivity index (χ1n) is 11.6. The van der Waals surface area contributed by atoms with E-state index >= 15 is 0 Å². The van der Waals surface area contributed by atoms with E-state index in [1.54, 1.807) is 7.11 Å². The van der Waals surface area contributed by atoms with E-state index in [-0.39, 0.29) is 23.8 Å². The number of nitrogens with zero attached hydrogens (tertiary/aromatic N) is 4. The lowest BCUT2D eigenvalue weighted by Crippen LogP contribution is -2.64. The van der Waals surface area contributed by atoms with E-state index in [4.69, 9.17) is 14.5 Å². The average molecular weight is 492 g/mol. The van der Waals surface area contributed by atoms with Gasteiger partial charge in [0.2, 0.25) is 11.9 Å². The van der Waals surface area contributed by atoms with Gasteiger partial charge >= 0.3 is 0 Å². The molecule has 2 fully saturated rings. The van der Waals surface area contributed by atoms with Crippen molar-refractivity contribution in [2.75, 3.05) is 36.3 Å². The summed E-state index contributed by atoms with van der Waals surface area (Å²) in [5.74, 6) is -3.10. The minimum atomic E-state index is -1.51. The molecular weight excluding hydrogens is 463 g/mol. The van der Waals surface area contributed by atoms with Crippen molar-refractivity contribution < 1.29 is 27.4 Å². The molecule has 188 valence electrons. The predicted octanol–water partition coefficient (Wildman–Crippen LogP) is 3.57. The second-order valence-corrected chi connectivity index (χ2v) is 9.61. The number of fused-ring (bicyclic) bond motifs is 1. The smallest absolute Gasteiger partial charge is 0.250 e. The maximum Gasteiger partial charge on any atom is 0.250 e. The van der Waals surface area contributed by atoms with Crippen LogP contribution in [0, 0.1) is 24.4 Å². The molecule has 2 aliphatic carbocycles. The maximum absolute atomic E-state index is 13.5. The second-order valence-electron chi connectivity index (χ2n) is 9.61. The number of amides is 1. The molecule has 1 aromatic heterocycles. The predicted molar refractivity (Wildman–Crippen MR) is 123 cm³/mol. The van der Waals surface area contributed by atoms with Crippen molar-refractivity contribution in [1.29, 1.82) is 0 Å². The zero-order valence-electron chi connectivity index (χ0n) is 20.1. The number of rotatable bonds is 6. The molecule has 0 unspecified atom stereocenters. The van der Waals surface area contributed by atoms with Crippen LogP contribution in [0.4, 0.5) is 30.6 Å². The molecule has 1 aromatic carbocycles. The number of methoxy groups -OCH3 is 1. The normalized spacial score (nSPS) is 24.7. The van der Waals surface area contributed by atoms with Crippen molar-refractivity contribution in [1.82, 2.24) is 9.97 Å². The molecule has 35 heavy (non-hydrogen) atoms. The molecule has 0 saturated heterocycles. The number of carbonyl (C=O) groups is 1. The summed E-state index contributed by atoms with van der Waals surface area (Å²) in [6, 6.07) is 1.25. The van der Waals surface area contributed by atoms with E-state index in [1.165, 1.54) is 0 Å². The van der Waals surface area contributed by atoms with Crippen LogP contribution < -0.4 is 19.9 Å². The quantitative estimate of drug-likeness (QED) is 0.619. The third-order valence-corrected chi connectivity index (χ3v) is 7.57. The SMILES string of the molecule is COC1([C@H]2C(=O)Nc3c(C)nc(N(C)C4CC(Oc5cc(F)c(F)c(F)c5)C4)nc3N2C)CCC1. The highest BCUT2D eigenvalue weighted by molar-refractivity contribution is 6.04. The number of aromatic nitrogens is 2. The highest BCUT2D eigenvalue weighted by Crippen LogP contribution is 2.45. The van der Waals surface area contributed by atoms with Crippen molar-refractivity contribution in [2.24, 2.45) is 0 Å². The Morgan fingerprint density at radius 1 is 1.17 bits per heavy atom. The van der Waals surface area contributed by atoms with Gasteiger partial charge in [-0.2, -0.15) is 4.98 Å². The summed E-state index contributed by atoms with van der Waals surface area (Å²) < 4.78 is 51.5. The summed E-state index contributed by atoms with van der Waals surface area (Å²) in [5, 5.41) is 2.98. The van der Waals surface area contributed by atoms with Crippen molar-refractivity contribution in [2.45, 2.75) is 62.8 Å². The summed E-state index contributed by atoms with van der Waals surface area (Å²) in [6.45, 7) is 1.83. The van der Waals surface area contributed by atoms with E-state index in [9.17, 15) is 18.0 Å². The van der Waals surface area contributed by atoms with Gasteiger partial charge in [0.1, 0.15) is 23.6 Å². The third-order valence-electron chi connectivity index (χ3n) is 7.57. The molecule has 1 aliphatic heterocycles. The number of halogens is 3. The molecule has 8 nitrogen and oxygen atoms in total. The van der Waals surface area contributed by atoms with Gasteiger partial charge in [-0.1, -0.05) is 0 Å². The number of likely N-dealkylation sites (N-methyl/N-ethyl adjacent to an activating group) is 1. The number of nitrogens with one attached hydrogen (secondary N) is 1. The first kappa shape index (κ1) is 23.7. The van der Waals surface area contributed by atoms with Gasteiger partial charge < -0.3 is 24.6 Å². The monoisotopic (exact) mass is 491 g/mol. The topological polar surface area (TPSA) is 79.8 Å². The Bertz CT molecular complexity index is 1140. The minimum Gasteiger partial charge on any atom is -0.490 e. The molecule has 1 atom stereocenters. The van der Waals surface area contributed by atoms with Gasteiger partial charge in [0.25, 0.3) is 0 Å². The Morgan fingerprint density at radius 2 is 1.83 bits per heavy atom. The zero-order chi connectivity index (χ0) is 25.1. The van der Waals surface area contributed by atoms with E-state index in [2.05, 4.69) is 10.3 Å². The van der Waals surface area contributed by atoms with E-state index in [1.807, 2.05) is 30.8 Å². The molecule has 2 heterocycles. The first-order chi connectivity index (χ1) is 16.6.